The van der Waals surface area contributed by atoms with Crippen LogP contribution in [0.3, 0.4) is 0 Å². The molecule has 3 heteroatoms. The molecule has 3 rings (SSSR count). The monoisotopic (exact) mass is 388 g/mol. The number of carbonyl (C=O) groups excluding carboxylic acids is 1. The second kappa shape index (κ2) is 9.92. The maximum Gasteiger partial charge on any atom is 0.305 e. The highest BCUT2D eigenvalue weighted by Crippen LogP contribution is 2.19. The van der Waals surface area contributed by atoms with Crippen LogP contribution in [-0.2, 0) is 29.0 Å². The number of benzene rings is 3. The molecule has 3 aromatic rings. The van der Waals surface area contributed by atoms with Crippen molar-refractivity contribution in [1.29, 1.82) is 0 Å². The molecule has 0 aliphatic carbocycles. The Morgan fingerprint density at radius 2 is 1.38 bits per heavy atom. The van der Waals surface area contributed by atoms with Gasteiger partial charge in [0.2, 0.25) is 0 Å². The SMILES string of the molecule is COC(=O)CCc1ccc(OCc2ccc(Cc3c(C)cccc3C)cc2)cc1. The van der Waals surface area contributed by atoms with Crippen molar-refractivity contribution in [1.82, 2.24) is 0 Å². The average Bonchev–Trinajstić information content (AvgIpc) is 2.75. The van der Waals surface area contributed by atoms with Gasteiger partial charge < -0.3 is 9.47 Å². The number of carbonyl (C=O) groups is 1. The van der Waals surface area contributed by atoms with Crippen LogP contribution in [0.2, 0.25) is 0 Å². The molecule has 29 heavy (non-hydrogen) atoms. The van der Waals surface area contributed by atoms with E-state index >= 15 is 0 Å². The van der Waals surface area contributed by atoms with Crippen molar-refractivity contribution in [2.24, 2.45) is 0 Å². The third-order valence-corrected chi connectivity index (χ3v) is 5.22. The molecule has 0 amide bonds. The van der Waals surface area contributed by atoms with Crippen molar-refractivity contribution in [2.75, 3.05) is 7.11 Å². The molecule has 0 aromatic heterocycles. The molecule has 0 radical (unpaired) electrons. The lowest BCUT2D eigenvalue weighted by Crippen LogP contribution is -2.02. The minimum Gasteiger partial charge on any atom is -0.489 e. The molecule has 0 heterocycles. The topological polar surface area (TPSA) is 35.5 Å². The Morgan fingerprint density at radius 3 is 2.00 bits per heavy atom. The van der Waals surface area contributed by atoms with Crippen molar-refractivity contribution < 1.29 is 14.3 Å². The van der Waals surface area contributed by atoms with Gasteiger partial charge in [0.15, 0.2) is 0 Å². The number of rotatable bonds is 8. The molecule has 0 saturated heterocycles. The smallest absolute Gasteiger partial charge is 0.305 e. The summed E-state index contributed by atoms with van der Waals surface area (Å²) in [4.78, 5) is 11.2. The van der Waals surface area contributed by atoms with Crippen molar-refractivity contribution in [3.63, 3.8) is 0 Å². The predicted octanol–water partition coefficient (Wildman–Crippen LogP) is 5.58. The summed E-state index contributed by atoms with van der Waals surface area (Å²) >= 11 is 0. The summed E-state index contributed by atoms with van der Waals surface area (Å²) in [5.74, 6) is 0.637. The lowest BCUT2D eigenvalue weighted by atomic mass is 9.96. The summed E-state index contributed by atoms with van der Waals surface area (Å²) in [6.07, 6.45) is 2.02. The van der Waals surface area contributed by atoms with Crippen molar-refractivity contribution in [3.8, 4) is 5.75 Å². The van der Waals surface area contributed by atoms with E-state index in [1.165, 1.54) is 29.4 Å². The van der Waals surface area contributed by atoms with Gasteiger partial charge in [-0.05, 0) is 72.2 Å². The molecule has 0 saturated carbocycles. The molecule has 0 aliphatic heterocycles. The first-order chi connectivity index (χ1) is 14.0. The van der Waals surface area contributed by atoms with Crippen LogP contribution in [-0.4, -0.2) is 13.1 Å². The Kier molecular flexibility index (Phi) is 7.07. The highest BCUT2D eigenvalue weighted by molar-refractivity contribution is 5.69. The van der Waals surface area contributed by atoms with Crippen molar-refractivity contribution in [2.45, 2.75) is 39.7 Å². The highest BCUT2D eigenvalue weighted by atomic mass is 16.5. The van der Waals surface area contributed by atoms with E-state index in [9.17, 15) is 4.79 Å². The molecule has 0 aliphatic rings. The number of ether oxygens (including phenoxy) is 2. The maximum atomic E-state index is 11.2. The summed E-state index contributed by atoms with van der Waals surface area (Å²) in [5, 5.41) is 0. The Labute approximate surface area is 173 Å². The van der Waals surface area contributed by atoms with Crippen LogP contribution >= 0.6 is 0 Å². The van der Waals surface area contributed by atoms with Crippen LogP contribution < -0.4 is 4.74 Å². The van der Waals surface area contributed by atoms with Gasteiger partial charge >= 0.3 is 5.97 Å². The quantitative estimate of drug-likeness (QED) is 0.473. The van der Waals surface area contributed by atoms with Crippen molar-refractivity contribution >= 4 is 5.97 Å². The zero-order chi connectivity index (χ0) is 20.6. The van der Waals surface area contributed by atoms with Gasteiger partial charge in [0, 0.05) is 6.42 Å². The number of methoxy groups -OCH3 is 1. The van der Waals surface area contributed by atoms with Gasteiger partial charge in [0.05, 0.1) is 7.11 Å². The second-order valence-electron chi connectivity index (χ2n) is 7.37. The normalized spacial score (nSPS) is 10.6. The molecule has 0 spiro atoms. The summed E-state index contributed by atoms with van der Waals surface area (Å²) in [7, 11) is 1.41. The number of hydrogen-bond acceptors (Lipinski definition) is 3. The van der Waals surface area contributed by atoms with E-state index in [2.05, 4.69) is 61.0 Å². The number of hydrogen-bond donors (Lipinski definition) is 0. The van der Waals surface area contributed by atoms with Crippen LogP contribution in [0.5, 0.6) is 5.75 Å². The summed E-state index contributed by atoms with van der Waals surface area (Å²) in [5.41, 5.74) is 7.63. The zero-order valence-corrected chi connectivity index (χ0v) is 17.4. The van der Waals surface area contributed by atoms with E-state index in [1.807, 2.05) is 24.3 Å². The van der Waals surface area contributed by atoms with Crippen molar-refractivity contribution in [3.05, 3.63) is 100 Å². The first-order valence-corrected chi connectivity index (χ1v) is 9.96. The minimum absolute atomic E-state index is 0.189. The van der Waals surface area contributed by atoms with Crippen LogP contribution in [0.4, 0.5) is 0 Å². The van der Waals surface area contributed by atoms with Crippen LogP contribution in [0.15, 0.2) is 66.7 Å². The minimum atomic E-state index is -0.189. The third kappa shape index (κ3) is 5.95. The molecule has 3 nitrogen and oxygen atoms in total. The maximum absolute atomic E-state index is 11.2. The van der Waals surface area contributed by atoms with E-state index in [-0.39, 0.29) is 5.97 Å². The lowest BCUT2D eigenvalue weighted by molar-refractivity contribution is -0.140. The molecule has 150 valence electrons. The van der Waals surface area contributed by atoms with E-state index in [0.717, 1.165) is 23.3 Å². The molecular formula is C26H28O3. The van der Waals surface area contributed by atoms with Gasteiger partial charge in [0.1, 0.15) is 12.4 Å². The predicted molar refractivity (Wildman–Crippen MR) is 116 cm³/mol. The van der Waals surface area contributed by atoms with E-state index < -0.39 is 0 Å². The van der Waals surface area contributed by atoms with E-state index in [1.54, 1.807) is 0 Å². The Balaban J connectivity index is 1.53. The van der Waals surface area contributed by atoms with Gasteiger partial charge in [0.25, 0.3) is 0 Å². The molecule has 0 unspecified atom stereocenters. The Morgan fingerprint density at radius 1 is 0.793 bits per heavy atom. The standard InChI is InChI=1S/C26H28O3/c1-19-5-4-6-20(2)25(19)17-22-7-9-23(10-8-22)18-29-24-14-11-21(12-15-24)13-16-26(27)28-3/h4-12,14-15H,13,16-18H2,1-3H3. The summed E-state index contributed by atoms with van der Waals surface area (Å²) in [6, 6.07) is 23.0. The molecule has 3 aromatic carbocycles. The molecule has 0 atom stereocenters. The molecule has 0 bridgehead atoms. The first kappa shape index (κ1) is 20.7. The Bertz CT molecular complexity index is 920. The third-order valence-electron chi connectivity index (χ3n) is 5.22. The van der Waals surface area contributed by atoms with Crippen LogP contribution in [0.1, 0.15) is 39.8 Å². The summed E-state index contributed by atoms with van der Waals surface area (Å²) < 4.78 is 10.6. The fourth-order valence-electron chi connectivity index (χ4n) is 3.35. The molecular weight excluding hydrogens is 360 g/mol. The van der Waals surface area contributed by atoms with Gasteiger partial charge in [-0.1, -0.05) is 54.6 Å². The lowest BCUT2D eigenvalue weighted by Gasteiger charge is -2.11. The van der Waals surface area contributed by atoms with Crippen LogP contribution in [0, 0.1) is 13.8 Å². The molecule has 0 N–H and O–H groups in total. The van der Waals surface area contributed by atoms with Gasteiger partial charge in [-0.3, -0.25) is 4.79 Å². The van der Waals surface area contributed by atoms with E-state index in [4.69, 9.17) is 4.74 Å². The first-order valence-electron chi connectivity index (χ1n) is 9.96. The van der Waals surface area contributed by atoms with Gasteiger partial charge in [-0.2, -0.15) is 0 Å². The second-order valence-corrected chi connectivity index (χ2v) is 7.37. The number of esters is 1. The van der Waals surface area contributed by atoms with Crippen LogP contribution in [0.25, 0.3) is 0 Å². The van der Waals surface area contributed by atoms with E-state index in [0.29, 0.717) is 19.4 Å². The average molecular weight is 389 g/mol. The number of aryl methyl sites for hydroxylation is 3. The Hall–Kier alpha value is -3.07. The van der Waals surface area contributed by atoms with Gasteiger partial charge in [-0.15, -0.1) is 0 Å². The largest absolute Gasteiger partial charge is 0.489 e. The summed E-state index contributed by atoms with van der Waals surface area (Å²) in [6.45, 7) is 4.88. The fourth-order valence-corrected chi connectivity index (χ4v) is 3.35. The highest BCUT2D eigenvalue weighted by Gasteiger charge is 2.05. The molecule has 0 fully saturated rings. The fraction of sp³-hybridized carbons (Fsp3) is 0.269. The van der Waals surface area contributed by atoms with Gasteiger partial charge in [-0.25, -0.2) is 0 Å². The zero-order valence-electron chi connectivity index (χ0n) is 17.4.